The lowest BCUT2D eigenvalue weighted by molar-refractivity contribution is -0.120. The molecule has 4 rings (SSSR count). The summed E-state index contributed by atoms with van der Waals surface area (Å²) in [5, 5.41) is 0. The second-order valence-corrected chi connectivity index (χ2v) is 5.61. The zero-order valence-electron chi connectivity index (χ0n) is 12.0. The molecule has 0 saturated heterocycles. The molecular weight excluding hydrogens is 278 g/mol. The van der Waals surface area contributed by atoms with Crippen LogP contribution >= 0.6 is 0 Å². The molecule has 0 N–H and O–H groups in total. The Balaban J connectivity index is 1.56. The van der Waals surface area contributed by atoms with Gasteiger partial charge in [0.25, 0.3) is 0 Å². The first-order valence-electron chi connectivity index (χ1n) is 7.42. The Labute approximate surface area is 128 Å². The van der Waals surface area contributed by atoms with E-state index in [9.17, 15) is 9.59 Å². The largest absolute Gasteiger partial charge is 0.453 e. The van der Waals surface area contributed by atoms with Gasteiger partial charge in [-0.25, -0.2) is 4.79 Å². The summed E-state index contributed by atoms with van der Waals surface area (Å²) in [5.41, 5.74) is 3.56. The Morgan fingerprint density at radius 3 is 2.82 bits per heavy atom. The number of rotatable bonds is 2. The minimum absolute atomic E-state index is 0.000506. The fraction of sp³-hybridized carbons (Fsp3) is 0.222. The Hall–Kier alpha value is -2.62. The van der Waals surface area contributed by atoms with Crippen LogP contribution < -0.4 is 4.90 Å². The highest BCUT2D eigenvalue weighted by molar-refractivity contribution is 5.98. The molecule has 1 amide bonds. The number of cyclic esters (lactones) is 1. The third-order valence-corrected chi connectivity index (χ3v) is 4.33. The molecule has 0 unspecified atom stereocenters. The van der Waals surface area contributed by atoms with E-state index >= 15 is 0 Å². The van der Waals surface area contributed by atoms with Crippen LogP contribution in [0.3, 0.4) is 0 Å². The molecule has 2 aliphatic heterocycles. The lowest BCUT2D eigenvalue weighted by atomic mass is 10.0. The number of amides is 1. The molecule has 4 heteroatoms. The van der Waals surface area contributed by atoms with Gasteiger partial charge in [0.1, 0.15) is 6.10 Å². The highest BCUT2D eigenvalue weighted by Crippen LogP contribution is 2.35. The summed E-state index contributed by atoms with van der Waals surface area (Å²) >= 11 is 0. The van der Waals surface area contributed by atoms with Gasteiger partial charge < -0.3 is 9.64 Å². The summed E-state index contributed by atoms with van der Waals surface area (Å²) in [4.78, 5) is 26.2. The van der Waals surface area contributed by atoms with Crippen molar-refractivity contribution in [1.82, 2.24) is 0 Å². The van der Waals surface area contributed by atoms with Crippen LogP contribution in [0.25, 0.3) is 0 Å². The van der Waals surface area contributed by atoms with Gasteiger partial charge >= 0.3 is 5.97 Å². The van der Waals surface area contributed by atoms with Crippen molar-refractivity contribution < 1.29 is 14.3 Å². The zero-order valence-corrected chi connectivity index (χ0v) is 12.0. The molecule has 0 radical (unpaired) electrons. The SMILES string of the molecule is O=C1O[C@H](CC(=O)N2CCc3ccccc32)c2ccccc21. The van der Waals surface area contributed by atoms with Gasteiger partial charge in [-0.3, -0.25) is 4.79 Å². The number of hydrogen-bond donors (Lipinski definition) is 0. The van der Waals surface area contributed by atoms with Gasteiger partial charge in [-0.1, -0.05) is 36.4 Å². The summed E-state index contributed by atoms with van der Waals surface area (Å²) in [6.07, 6.45) is 0.601. The Morgan fingerprint density at radius 2 is 1.91 bits per heavy atom. The van der Waals surface area contributed by atoms with Gasteiger partial charge in [0.2, 0.25) is 5.91 Å². The third-order valence-electron chi connectivity index (χ3n) is 4.33. The van der Waals surface area contributed by atoms with Crippen LogP contribution in [-0.2, 0) is 16.0 Å². The molecule has 0 saturated carbocycles. The van der Waals surface area contributed by atoms with E-state index in [0.717, 1.165) is 17.7 Å². The van der Waals surface area contributed by atoms with Gasteiger partial charge in [-0.15, -0.1) is 0 Å². The van der Waals surface area contributed by atoms with Crippen molar-refractivity contribution in [2.24, 2.45) is 0 Å². The van der Waals surface area contributed by atoms with Crippen molar-refractivity contribution in [3.8, 4) is 0 Å². The fourth-order valence-corrected chi connectivity index (χ4v) is 3.24. The monoisotopic (exact) mass is 293 g/mol. The fourth-order valence-electron chi connectivity index (χ4n) is 3.24. The number of nitrogens with zero attached hydrogens (tertiary/aromatic N) is 1. The number of anilines is 1. The molecule has 2 aromatic carbocycles. The van der Waals surface area contributed by atoms with Crippen LogP contribution in [0, 0.1) is 0 Å². The molecular formula is C18H15NO3. The normalized spacial score (nSPS) is 18.8. The van der Waals surface area contributed by atoms with Crippen LogP contribution in [0.15, 0.2) is 48.5 Å². The molecule has 0 bridgehead atoms. The number of carbonyl (C=O) groups excluding carboxylic acids is 2. The molecule has 110 valence electrons. The second-order valence-electron chi connectivity index (χ2n) is 5.61. The molecule has 2 aromatic rings. The molecule has 2 aliphatic rings. The Bertz CT molecular complexity index is 768. The van der Waals surface area contributed by atoms with Crippen LogP contribution in [0.1, 0.15) is 34.0 Å². The van der Waals surface area contributed by atoms with Gasteiger partial charge in [0, 0.05) is 17.8 Å². The second kappa shape index (κ2) is 4.98. The van der Waals surface area contributed by atoms with Crippen LogP contribution in [-0.4, -0.2) is 18.4 Å². The molecule has 2 heterocycles. The van der Waals surface area contributed by atoms with Crippen molar-refractivity contribution in [1.29, 1.82) is 0 Å². The first-order valence-corrected chi connectivity index (χ1v) is 7.42. The van der Waals surface area contributed by atoms with Crippen LogP contribution in [0.2, 0.25) is 0 Å². The minimum Gasteiger partial charge on any atom is -0.453 e. The molecule has 0 fully saturated rings. The number of hydrogen-bond acceptors (Lipinski definition) is 3. The van der Waals surface area contributed by atoms with E-state index in [1.165, 1.54) is 5.56 Å². The number of fused-ring (bicyclic) bond motifs is 2. The average molecular weight is 293 g/mol. The maximum Gasteiger partial charge on any atom is 0.339 e. The van der Waals surface area contributed by atoms with Crippen molar-refractivity contribution in [2.45, 2.75) is 18.9 Å². The van der Waals surface area contributed by atoms with E-state index < -0.39 is 6.10 Å². The van der Waals surface area contributed by atoms with Crippen molar-refractivity contribution in [3.05, 3.63) is 65.2 Å². The minimum atomic E-state index is -0.469. The number of benzene rings is 2. The maximum absolute atomic E-state index is 12.6. The lowest BCUT2D eigenvalue weighted by Gasteiger charge is -2.19. The van der Waals surface area contributed by atoms with E-state index in [0.29, 0.717) is 12.1 Å². The first-order chi connectivity index (χ1) is 10.7. The average Bonchev–Trinajstić information content (AvgIpc) is 3.10. The molecule has 0 aliphatic carbocycles. The lowest BCUT2D eigenvalue weighted by Crippen LogP contribution is -2.30. The standard InChI is InChI=1S/C18H15NO3/c20-17(19-10-9-12-5-1-4-8-15(12)19)11-16-13-6-2-3-7-14(13)18(21)22-16/h1-8,16H,9-11H2/t16-/m1/s1. The van der Waals surface area contributed by atoms with Crippen molar-refractivity contribution in [2.75, 3.05) is 11.4 Å². The zero-order chi connectivity index (χ0) is 15.1. The van der Waals surface area contributed by atoms with E-state index in [4.69, 9.17) is 4.74 Å². The van der Waals surface area contributed by atoms with E-state index in [2.05, 4.69) is 0 Å². The summed E-state index contributed by atoms with van der Waals surface area (Å²) in [6, 6.07) is 15.2. The summed E-state index contributed by atoms with van der Waals surface area (Å²) in [5.74, 6) is -0.338. The quantitative estimate of drug-likeness (QED) is 0.800. The number of ether oxygens (including phenoxy) is 1. The van der Waals surface area contributed by atoms with Gasteiger partial charge in [0.15, 0.2) is 0 Å². The van der Waals surface area contributed by atoms with E-state index in [-0.39, 0.29) is 18.3 Å². The van der Waals surface area contributed by atoms with Crippen molar-refractivity contribution in [3.63, 3.8) is 0 Å². The van der Waals surface area contributed by atoms with Gasteiger partial charge in [-0.05, 0) is 24.1 Å². The predicted molar refractivity (Wildman–Crippen MR) is 81.7 cm³/mol. The van der Waals surface area contributed by atoms with Crippen LogP contribution in [0.4, 0.5) is 5.69 Å². The Morgan fingerprint density at radius 1 is 1.14 bits per heavy atom. The third kappa shape index (κ3) is 1.99. The summed E-state index contributed by atoms with van der Waals surface area (Å²) in [6.45, 7) is 0.695. The van der Waals surface area contributed by atoms with E-state index in [1.54, 1.807) is 17.0 Å². The molecule has 0 aromatic heterocycles. The molecule has 0 spiro atoms. The summed E-state index contributed by atoms with van der Waals surface area (Å²) in [7, 11) is 0. The topological polar surface area (TPSA) is 46.6 Å². The predicted octanol–water partition coefficient (Wildman–Crippen LogP) is 2.88. The van der Waals surface area contributed by atoms with Gasteiger partial charge in [-0.2, -0.15) is 0 Å². The molecule has 4 nitrogen and oxygen atoms in total. The Kier molecular flexibility index (Phi) is 2.96. The van der Waals surface area contributed by atoms with Gasteiger partial charge in [0.05, 0.1) is 12.0 Å². The highest BCUT2D eigenvalue weighted by Gasteiger charge is 2.34. The first kappa shape index (κ1) is 13.1. The molecule has 22 heavy (non-hydrogen) atoms. The number of esters is 1. The summed E-state index contributed by atoms with van der Waals surface area (Å²) < 4.78 is 5.36. The smallest absolute Gasteiger partial charge is 0.339 e. The number of carbonyl (C=O) groups is 2. The maximum atomic E-state index is 12.6. The number of para-hydroxylation sites is 1. The molecule has 1 atom stereocenters. The van der Waals surface area contributed by atoms with Crippen LogP contribution in [0.5, 0.6) is 0 Å². The van der Waals surface area contributed by atoms with E-state index in [1.807, 2.05) is 36.4 Å². The highest BCUT2D eigenvalue weighted by atomic mass is 16.5. The van der Waals surface area contributed by atoms with Crippen molar-refractivity contribution >= 4 is 17.6 Å².